The summed E-state index contributed by atoms with van der Waals surface area (Å²) in [6, 6.07) is 3.59. The third kappa shape index (κ3) is 2.41. The quantitative estimate of drug-likeness (QED) is 0.667. The molecule has 5 heteroatoms. The van der Waals surface area contributed by atoms with Crippen molar-refractivity contribution in [3.63, 3.8) is 0 Å². The Kier molecular flexibility index (Phi) is 3.12. The molecule has 1 aromatic heterocycles. The highest BCUT2D eigenvalue weighted by Crippen LogP contribution is 2.49. The molecule has 2 aliphatic carbocycles. The monoisotopic (exact) mass is 261 g/mol. The van der Waals surface area contributed by atoms with Crippen LogP contribution in [0.4, 0.5) is 11.5 Å². The Balaban J connectivity index is 1.63. The van der Waals surface area contributed by atoms with Gasteiger partial charge in [0.25, 0.3) is 5.69 Å². The van der Waals surface area contributed by atoms with Crippen LogP contribution in [0.5, 0.6) is 0 Å². The predicted octanol–water partition coefficient (Wildman–Crippen LogP) is 3.23. The van der Waals surface area contributed by atoms with Crippen LogP contribution in [-0.2, 0) is 0 Å². The predicted molar refractivity (Wildman–Crippen MR) is 72.9 cm³/mol. The summed E-state index contributed by atoms with van der Waals surface area (Å²) < 4.78 is 0. The van der Waals surface area contributed by atoms with E-state index in [1.807, 2.05) is 0 Å². The van der Waals surface area contributed by atoms with Gasteiger partial charge in [-0.05, 0) is 50.0 Å². The zero-order valence-electron chi connectivity index (χ0n) is 11.1. The summed E-state index contributed by atoms with van der Waals surface area (Å²) in [5.41, 5.74) is 0.0399. The number of nitrogens with zero attached hydrogens (tertiary/aromatic N) is 2. The highest BCUT2D eigenvalue weighted by Gasteiger charge is 2.41. The number of fused-ring (bicyclic) bond motifs is 2. The van der Waals surface area contributed by atoms with Crippen molar-refractivity contribution in [3.8, 4) is 0 Å². The molecule has 4 unspecified atom stereocenters. The molecule has 0 spiro atoms. The second-order valence-corrected chi connectivity index (χ2v) is 5.93. The van der Waals surface area contributed by atoms with E-state index in [1.54, 1.807) is 6.07 Å². The van der Waals surface area contributed by atoms with Crippen molar-refractivity contribution < 1.29 is 4.92 Å². The average Bonchev–Trinajstić information content (AvgIpc) is 3.01. The molecule has 0 saturated heterocycles. The maximum absolute atomic E-state index is 10.6. The number of pyridine rings is 1. The second-order valence-electron chi connectivity index (χ2n) is 5.93. The molecule has 102 valence electrons. The van der Waals surface area contributed by atoms with Crippen LogP contribution >= 0.6 is 0 Å². The van der Waals surface area contributed by atoms with Crippen LogP contribution in [0.3, 0.4) is 0 Å². The lowest BCUT2D eigenvalue weighted by atomic mass is 9.84. The van der Waals surface area contributed by atoms with Gasteiger partial charge in [0.05, 0.1) is 4.92 Å². The van der Waals surface area contributed by atoms with Crippen molar-refractivity contribution in [2.45, 2.75) is 38.6 Å². The third-order valence-corrected chi connectivity index (χ3v) is 4.77. The molecule has 2 saturated carbocycles. The molecule has 5 nitrogen and oxygen atoms in total. The van der Waals surface area contributed by atoms with Gasteiger partial charge in [0.2, 0.25) is 0 Å². The molecule has 0 aromatic carbocycles. The van der Waals surface area contributed by atoms with Gasteiger partial charge in [0.1, 0.15) is 12.0 Å². The van der Waals surface area contributed by atoms with Crippen molar-refractivity contribution in [2.75, 3.05) is 5.32 Å². The standard InChI is InChI=1S/C14H19N3O2/c1-9(13-7-10-2-3-11(13)6-10)16-14-5-4-12(8-15-14)17(18)19/h4-5,8-11,13H,2-3,6-7H2,1H3,(H,15,16). The van der Waals surface area contributed by atoms with E-state index in [0.717, 1.165) is 23.6 Å². The van der Waals surface area contributed by atoms with Crippen molar-refractivity contribution in [1.82, 2.24) is 4.98 Å². The molecule has 1 heterocycles. The number of rotatable bonds is 4. The maximum atomic E-state index is 10.6. The van der Waals surface area contributed by atoms with E-state index in [0.29, 0.717) is 6.04 Å². The Morgan fingerprint density at radius 1 is 1.42 bits per heavy atom. The number of nitro groups is 1. The SMILES string of the molecule is CC(Nc1ccc([N+](=O)[O-])cn1)C1CC2CCC1C2. The summed E-state index contributed by atoms with van der Waals surface area (Å²) in [5, 5.41) is 14.0. The summed E-state index contributed by atoms with van der Waals surface area (Å²) >= 11 is 0. The van der Waals surface area contributed by atoms with Gasteiger partial charge >= 0.3 is 0 Å². The third-order valence-electron chi connectivity index (χ3n) is 4.77. The van der Waals surface area contributed by atoms with E-state index in [2.05, 4.69) is 17.2 Å². The normalized spacial score (nSPS) is 30.3. The van der Waals surface area contributed by atoms with E-state index in [4.69, 9.17) is 0 Å². The molecule has 3 rings (SSSR count). The second kappa shape index (κ2) is 4.79. The summed E-state index contributed by atoms with van der Waals surface area (Å²) in [4.78, 5) is 14.3. The topological polar surface area (TPSA) is 68.1 Å². The van der Waals surface area contributed by atoms with Gasteiger partial charge < -0.3 is 5.32 Å². The maximum Gasteiger partial charge on any atom is 0.287 e. The molecular weight excluding hydrogens is 242 g/mol. The first-order valence-electron chi connectivity index (χ1n) is 7.00. The Labute approximate surface area is 112 Å². The molecule has 2 bridgehead atoms. The van der Waals surface area contributed by atoms with Crippen LogP contribution in [0.25, 0.3) is 0 Å². The van der Waals surface area contributed by atoms with Crippen molar-refractivity contribution in [3.05, 3.63) is 28.4 Å². The van der Waals surface area contributed by atoms with Gasteiger partial charge in [-0.1, -0.05) is 6.42 Å². The summed E-state index contributed by atoms with van der Waals surface area (Å²) in [5.74, 6) is 3.27. The Morgan fingerprint density at radius 2 is 2.26 bits per heavy atom. The van der Waals surface area contributed by atoms with Crippen LogP contribution in [0.2, 0.25) is 0 Å². The molecule has 0 aliphatic heterocycles. The molecule has 0 amide bonds. The highest BCUT2D eigenvalue weighted by atomic mass is 16.6. The summed E-state index contributed by atoms with van der Waals surface area (Å²) in [6.45, 7) is 2.20. The van der Waals surface area contributed by atoms with E-state index in [-0.39, 0.29) is 5.69 Å². The Bertz CT molecular complexity index is 474. The van der Waals surface area contributed by atoms with Gasteiger partial charge in [-0.3, -0.25) is 10.1 Å². The van der Waals surface area contributed by atoms with E-state index in [1.165, 1.54) is 37.9 Å². The minimum absolute atomic E-state index is 0.0399. The van der Waals surface area contributed by atoms with Crippen LogP contribution in [0.1, 0.15) is 32.6 Å². The fraction of sp³-hybridized carbons (Fsp3) is 0.643. The lowest BCUT2D eigenvalue weighted by Gasteiger charge is -2.28. The number of hydrogen-bond donors (Lipinski definition) is 1. The van der Waals surface area contributed by atoms with Gasteiger partial charge in [0, 0.05) is 12.1 Å². The van der Waals surface area contributed by atoms with Gasteiger partial charge in [-0.2, -0.15) is 0 Å². The van der Waals surface area contributed by atoms with Crippen LogP contribution in [0, 0.1) is 27.9 Å². The molecular formula is C14H19N3O2. The average molecular weight is 261 g/mol. The lowest BCUT2D eigenvalue weighted by molar-refractivity contribution is -0.385. The minimum Gasteiger partial charge on any atom is -0.367 e. The Morgan fingerprint density at radius 3 is 2.79 bits per heavy atom. The fourth-order valence-corrected chi connectivity index (χ4v) is 3.83. The van der Waals surface area contributed by atoms with E-state index < -0.39 is 4.92 Å². The first-order chi connectivity index (χ1) is 9.13. The Hall–Kier alpha value is -1.65. The molecule has 1 aromatic rings. The number of hydrogen-bond acceptors (Lipinski definition) is 4. The zero-order chi connectivity index (χ0) is 13.4. The largest absolute Gasteiger partial charge is 0.367 e. The molecule has 2 fully saturated rings. The molecule has 0 radical (unpaired) electrons. The molecule has 4 atom stereocenters. The van der Waals surface area contributed by atoms with Crippen molar-refractivity contribution in [2.24, 2.45) is 17.8 Å². The van der Waals surface area contributed by atoms with Crippen LogP contribution in [0.15, 0.2) is 18.3 Å². The smallest absolute Gasteiger partial charge is 0.287 e. The van der Waals surface area contributed by atoms with E-state index >= 15 is 0 Å². The number of nitrogens with one attached hydrogen (secondary N) is 1. The van der Waals surface area contributed by atoms with Crippen LogP contribution < -0.4 is 5.32 Å². The summed E-state index contributed by atoms with van der Waals surface area (Å²) in [7, 11) is 0. The first-order valence-corrected chi connectivity index (χ1v) is 7.00. The number of anilines is 1. The zero-order valence-corrected chi connectivity index (χ0v) is 11.1. The molecule has 1 N–H and O–H groups in total. The van der Waals surface area contributed by atoms with Crippen LogP contribution in [-0.4, -0.2) is 15.9 Å². The van der Waals surface area contributed by atoms with Crippen molar-refractivity contribution in [1.29, 1.82) is 0 Å². The lowest BCUT2D eigenvalue weighted by Crippen LogP contribution is -2.30. The van der Waals surface area contributed by atoms with Gasteiger partial charge in [-0.15, -0.1) is 0 Å². The highest BCUT2D eigenvalue weighted by molar-refractivity contribution is 5.41. The molecule has 19 heavy (non-hydrogen) atoms. The van der Waals surface area contributed by atoms with Gasteiger partial charge in [0.15, 0.2) is 0 Å². The molecule has 2 aliphatic rings. The fourth-order valence-electron chi connectivity index (χ4n) is 3.83. The van der Waals surface area contributed by atoms with Crippen molar-refractivity contribution >= 4 is 11.5 Å². The number of aromatic nitrogens is 1. The minimum atomic E-state index is -0.420. The van der Waals surface area contributed by atoms with Gasteiger partial charge in [-0.25, -0.2) is 4.98 Å². The summed E-state index contributed by atoms with van der Waals surface area (Å²) in [6.07, 6.45) is 6.81. The first kappa shape index (κ1) is 12.4. The van der Waals surface area contributed by atoms with E-state index in [9.17, 15) is 10.1 Å².